The summed E-state index contributed by atoms with van der Waals surface area (Å²) in [5.41, 5.74) is 1.85. The predicted octanol–water partition coefficient (Wildman–Crippen LogP) is 5.73. The molecule has 0 fully saturated rings. The first-order valence-corrected chi connectivity index (χ1v) is 12.4. The molecule has 4 rings (SSSR count). The van der Waals surface area contributed by atoms with Gasteiger partial charge >= 0.3 is 0 Å². The maximum absolute atomic E-state index is 13.3. The number of thiophene rings is 1. The number of aromatic nitrogens is 2. The molecule has 2 aromatic heterocycles. The van der Waals surface area contributed by atoms with E-state index >= 15 is 0 Å². The number of amides is 1. The van der Waals surface area contributed by atoms with Gasteiger partial charge in [-0.2, -0.15) is 0 Å². The number of hydrogen-bond donors (Lipinski definition) is 1. The van der Waals surface area contributed by atoms with E-state index in [-0.39, 0.29) is 11.5 Å². The first-order valence-electron chi connectivity index (χ1n) is 9.88. The van der Waals surface area contributed by atoms with Gasteiger partial charge in [0.25, 0.3) is 5.56 Å². The van der Waals surface area contributed by atoms with Gasteiger partial charge in [0.1, 0.15) is 10.4 Å². The summed E-state index contributed by atoms with van der Waals surface area (Å²) >= 11 is 6.08. The molecule has 0 spiro atoms. The van der Waals surface area contributed by atoms with Crippen LogP contribution in [0.1, 0.15) is 13.3 Å². The number of methoxy groups -OCH3 is 1. The van der Waals surface area contributed by atoms with Crippen LogP contribution in [-0.4, -0.2) is 27.8 Å². The highest BCUT2D eigenvalue weighted by molar-refractivity contribution is 9.10. The Morgan fingerprint density at radius 2 is 2.03 bits per heavy atom. The van der Waals surface area contributed by atoms with Gasteiger partial charge < -0.3 is 10.1 Å². The first kappa shape index (κ1) is 22.6. The van der Waals surface area contributed by atoms with Crippen LogP contribution < -0.4 is 15.6 Å². The van der Waals surface area contributed by atoms with Crippen LogP contribution in [-0.2, 0) is 4.79 Å². The number of nitrogens with zero attached hydrogens (tertiary/aromatic N) is 2. The third-order valence-corrected chi connectivity index (χ3v) is 7.52. The van der Waals surface area contributed by atoms with Crippen molar-refractivity contribution in [3.63, 3.8) is 0 Å². The summed E-state index contributed by atoms with van der Waals surface area (Å²) in [5, 5.41) is 4.84. The molecule has 32 heavy (non-hydrogen) atoms. The minimum absolute atomic E-state index is 0.141. The van der Waals surface area contributed by atoms with E-state index < -0.39 is 5.25 Å². The van der Waals surface area contributed by atoms with Gasteiger partial charge in [0.05, 0.1) is 23.6 Å². The van der Waals surface area contributed by atoms with Crippen LogP contribution in [0.15, 0.2) is 74.4 Å². The lowest BCUT2D eigenvalue weighted by Crippen LogP contribution is -2.27. The van der Waals surface area contributed by atoms with E-state index in [0.717, 1.165) is 4.47 Å². The summed E-state index contributed by atoms with van der Waals surface area (Å²) in [7, 11) is 1.58. The molecule has 0 saturated heterocycles. The topological polar surface area (TPSA) is 73.2 Å². The van der Waals surface area contributed by atoms with Gasteiger partial charge in [0, 0.05) is 16.2 Å². The van der Waals surface area contributed by atoms with Crippen LogP contribution in [0, 0.1) is 0 Å². The number of anilines is 1. The number of thioether (sulfide) groups is 1. The summed E-state index contributed by atoms with van der Waals surface area (Å²) in [6, 6.07) is 16.5. The molecule has 0 saturated carbocycles. The minimum atomic E-state index is -0.439. The van der Waals surface area contributed by atoms with Gasteiger partial charge in [0.2, 0.25) is 5.91 Å². The fraction of sp³-hybridized carbons (Fsp3) is 0.174. The monoisotopic (exact) mass is 529 g/mol. The number of carbonyl (C=O) groups is 1. The van der Waals surface area contributed by atoms with E-state index in [4.69, 9.17) is 9.72 Å². The van der Waals surface area contributed by atoms with Crippen molar-refractivity contribution in [1.29, 1.82) is 0 Å². The molecule has 9 heteroatoms. The van der Waals surface area contributed by atoms with Gasteiger partial charge in [-0.15, -0.1) is 11.3 Å². The largest absolute Gasteiger partial charge is 0.497 e. The summed E-state index contributed by atoms with van der Waals surface area (Å²) in [5.74, 6) is 0.505. The molecular weight excluding hydrogens is 510 g/mol. The van der Waals surface area contributed by atoms with Gasteiger partial charge in [-0.1, -0.05) is 40.7 Å². The Morgan fingerprint density at radius 3 is 2.75 bits per heavy atom. The highest BCUT2D eigenvalue weighted by Gasteiger charge is 2.23. The number of hydrogen-bond acceptors (Lipinski definition) is 6. The summed E-state index contributed by atoms with van der Waals surface area (Å²) in [6.07, 6.45) is 0.568. The number of fused-ring (bicyclic) bond motifs is 1. The number of benzene rings is 2. The van der Waals surface area contributed by atoms with Crippen molar-refractivity contribution in [2.45, 2.75) is 23.8 Å². The second-order valence-electron chi connectivity index (χ2n) is 6.88. The Balaban J connectivity index is 1.70. The average molecular weight is 530 g/mol. The molecule has 6 nitrogen and oxygen atoms in total. The second kappa shape index (κ2) is 9.89. The van der Waals surface area contributed by atoms with Gasteiger partial charge in [-0.3, -0.25) is 14.2 Å². The molecule has 2 aromatic carbocycles. The molecule has 0 unspecified atom stereocenters. The fourth-order valence-electron chi connectivity index (χ4n) is 3.16. The zero-order chi connectivity index (χ0) is 22.7. The highest BCUT2D eigenvalue weighted by Crippen LogP contribution is 2.29. The lowest BCUT2D eigenvalue weighted by molar-refractivity contribution is -0.115. The zero-order valence-electron chi connectivity index (χ0n) is 17.4. The molecular formula is C23H20BrN3O3S2. The first-order chi connectivity index (χ1) is 15.5. The molecule has 0 aliphatic carbocycles. The van der Waals surface area contributed by atoms with Crippen LogP contribution in [0.3, 0.4) is 0 Å². The number of halogens is 1. The number of rotatable bonds is 7. The Morgan fingerprint density at radius 1 is 1.25 bits per heavy atom. The summed E-state index contributed by atoms with van der Waals surface area (Å²) in [4.78, 5) is 31.1. The molecule has 1 N–H and O–H groups in total. The number of ether oxygens (including phenoxy) is 1. The molecule has 1 atom stereocenters. The van der Waals surface area contributed by atoms with Crippen molar-refractivity contribution in [2.75, 3.05) is 12.4 Å². The van der Waals surface area contributed by atoms with Crippen LogP contribution in [0.25, 0.3) is 15.9 Å². The molecule has 2 heterocycles. The van der Waals surface area contributed by atoms with E-state index in [1.165, 1.54) is 23.1 Å². The molecule has 0 radical (unpaired) electrons. The molecule has 164 valence electrons. The number of carbonyl (C=O) groups excluding carboxylic acids is 1. The molecule has 0 aliphatic heterocycles. The van der Waals surface area contributed by atoms with Crippen molar-refractivity contribution in [2.24, 2.45) is 0 Å². The smallest absolute Gasteiger partial charge is 0.276 e. The Bertz CT molecular complexity index is 1320. The fourth-order valence-corrected chi connectivity index (χ4v) is 5.22. The Hall–Kier alpha value is -2.62. The normalized spacial score (nSPS) is 12.0. The van der Waals surface area contributed by atoms with Crippen molar-refractivity contribution in [1.82, 2.24) is 9.55 Å². The van der Waals surface area contributed by atoms with Crippen molar-refractivity contribution in [3.8, 4) is 11.4 Å². The van der Waals surface area contributed by atoms with E-state index in [9.17, 15) is 9.59 Å². The lowest BCUT2D eigenvalue weighted by Gasteiger charge is -2.18. The third-order valence-electron chi connectivity index (χ3n) is 4.78. The second-order valence-corrected chi connectivity index (χ2v) is 9.88. The maximum Gasteiger partial charge on any atom is 0.276 e. The minimum Gasteiger partial charge on any atom is -0.497 e. The molecule has 1 amide bonds. The van der Waals surface area contributed by atoms with Crippen molar-refractivity contribution < 1.29 is 9.53 Å². The zero-order valence-corrected chi connectivity index (χ0v) is 20.6. The molecule has 4 aromatic rings. The summed E-state index contributed by atoms with van der Waals surface area (Å²) in [6.45, 7) is 1.94. The number of nitrogens with one attached hydrogen (secondary N) is 1. The SMILES string of the molecule is CC[C@@H](Sc1nc2ccsc2c(=O)n1-c1ccc(Br)cc1)C(=O)Nc1cccc(OC)c1. The standard InChI is InChI=1S/C23H20BrN3O3S2/c1-3-19(21(28)25-15-5-4-6-17(13-15)30-2)32-23-26-18-11-12-31-20(18)22(29)27(23)16-9-7-14(24)8-10-16/h4-13,19H,3H2,1-2H3,(H,25,28)/t19-/m1/s1. The molecule has 0 aliphatic rings. The average Bonchev–Trinajstić information content (AvgIpc) is 3.27. The van der Waals surface area contributed by atoms with Crippen LogP contribution in [0.5, 0.6) is 5.75 Å². The third kappa shape index (κ3) is 4.74. The van der Waals surface area contributed by atoms with Crippen LogP contribution in [0.2, 0.25) is 0 Å². The van der Waals surface area contributed by atoms with Gasteiger partial charge in [0.15, 0.2) is 5.16 Å². The quantitative estimate of drug-likeness (QED) is 0.244. The predicted molar refractivity (Wildman–Crippen MR) is 134 cm³/mol. The van der Waals surface area contributed by atoms with Gasteiger partial charge in [-0.25, -0.2) is 4.98 Å². The van der Waals surface area contributed by atoms with Crippen molar-refractivity contribution >= 4 is 60.8 Å². The molecule has 0 bridgehead atoms. The van der Waals surface area contributed by atoms with E-state index in [1.54, 1.807) is 17.7 Å². The Labute approximate surface area is 201 Å². The Kier molecular flexibility index (Phi) is 6.98. The van der Waals surface area contributed by atoms with E-state index in [0.29, 0.717) is 38.9 Å². The van der Waals surface area contributed by atoms with Crippen LogP contribution >= 0.6 is 39.0 Å². The van der Waals surface area contributed by atoms with Crippen LogP contribution in [0.4, 0.5) is 5.69 Å². The summed E-state index contributed by atoms with van der Waals surface area (Å²) < 4.78 is 8.32. The van der Waals surface area contributed by atoms with E-state index in [1.807, 2.05) is 60.8 Å². The maximum atomic E-state index is 13.3. The van der Waals surface area contributed by atoms with Gasteiger partial charge in [-0.05, 0) is 54.3 Å². The highest BCUT2D eigenvalue weighted by atomic mass is 79.9. The lowest BCUT2D eigenvalue weighted by atomic mass is 10.2. The van der Waals surface area contributed by atoms with Crippen molar-refractivity contribution in [3.05, 3.63) is 74.8 Å². The van der Waals surface area contributed by atoms with E-state index in [2.05, 4.69) is 21.2 Å².